The van der Waals surface area contributed by atoms with Gasteiger partial charge in [0, 0.05) is 29.4 Å². The van der Waals surface area contributed by atoms with Gasteiger partial charge in [0.25, 0.3) is 0 Å². The molecule has 3 atom stereocenters. The van der Waals surface area contributed by atoms with Gasteiger partial charge in [-0.25, -0.2) is 19.2 Å². The second-order valence-electron chi connectivity index (χ2n) is 9.24. The third-order valence-electron chi connectivity index (χ3n) is 6.25. The van der Waals surface area contributed by atoms with Crippen molar-refractivity contribution in [3.8, 4) is 0 Å². The van der Waals surface area contributed by atoms with Gasteiger partial charge in [-0.1, -0.05) is 11.6 Å². The van der Waals surface area contributed by atoms with Crippen molar-refractivity contribution >= 4 is 35.1 Å². The lowest BCUT2D eigenvalue weighted by molar-refractivity contribution is -0.330. The lowest BCUT2D eigenvalue weighted by Gasteiger charge is -2.17. The normalized spacial score (nSPS) is 23.1. The summed E-state index contributed by atoms with van der Waals surface area (Å²) in [6, 6.07) is 1.66. The molecule has 0 saturated heterocycles. The molecule has 0 bridgehead atoms. The van der Waals surface area contributed by atoms with E-state index in [-0.39, 0.29) is 40.2 Å². The first-order valence-electron chi connectivity index (χ1n) is 11.2. The van der Waals surface area contributed by atoms with Gasteiger partial charge in [-0.05, 0) is 32.6 Å². The molecule has 1 amide bonds. The molecule has 3 aromatic heterocycles. The van der Waals surface area contributed by atoms with Crippen LogP contribution in [0.2, 0.25) is 5.02 Å². The number of halogens is 5. The Balaban J connectivity index is 1.25. The van der Waals surface area contributed by atoms with Crippen LogP contribution in [0, 0.1) is 0 Å². The Labute approximate surface area is 206 Å². The average molecular weight is 532 g/mol. The molecule has 3 aromatic rings. The van der Waals surface area contributed by atoms with Gasteiger partial charge in [0.15, 0.2) is 11.5 Å². The van der Waals surface area contributed by atoms with E-state index in [1.54, 1.807) is 6.07 Å². The number of carbonyl (C=O) groups is 1. The van der Waals surface area contributed by atoms with Gasteiger partial charge in [0.05, 0.1) is 18.5 Å². The van der Waals surface area contributed by atoms with Gasteiger partial charge < -0.3 is 15.4 Å². The Morgan fingerprint density at radius 3 is 2.86 bits per heavy atom. The third kappa shape index (κ3) is 5.48. The van der Waals surface area contributed by atoms with E-state index in [0.29, 0.717) is 17.9 Å². The summed E-state index contributed by atoms with van der Waals surface area (Å²) >= 11 is 6.09. The zero-order valence-electron chi connectivity index (χ0n) is 18.9. The first-order chi connectivity index (χ1) is 17.0. The molecular weight excluding hydrogens is 510 g/mol. The zero-order chi connectivity index (χ0) is 25.7. The largest absolute Gasteiger partial charge is 0.522 e. The summed E-state index contributed by atoms with van der Waals surface area (Å²) < 4.78 is 62.2. The maximum atomic E-state index is 14.6. The highest BCUT2D eigenvalue weighted by Crippen LogP contribution is 2.39. The second kappa shape index (κ2) is 9.07. The van der Waals surface area contributed by atoms with Gasteiger partial charge in [-0.15, -0.1) is 13.2 Å². The van der Waals surface area contributed by atoms with Crippen molar-refractivity contribution in [3.63, 3.8) is 0 Å². The van der Waals surface area contributed by atoms with E-state index in [2.05, 4.69) is 35.5 Å². The minimum Gasteiger partial charge on any atom is -0.443 e. The van der Waals surface area contributed by atoms with Crippen LogP contribution in [0.3, 0.4) is 0 Å². The molecule has 0 unspecified atom stereocenters. The van der Waals surface area contributed by atoms with Crippen molar-refractivity contribution in [1.29, 1.82) is 0 Å². The van der Waals surface area contributed by atoms with Crippen molar-refractivity contribution in [2.75, 3.05) is 5.32 Å². The van der Waals surface area contributed by atoms with Gasteiger partial charge in [0.2, 0.25) is 5.95 Å². The highest BCUT2D eigenvalue weighted by atomic mass is 35.5. The van der Waals surface area contributed by atoms with E-state index in [4.69, 9.17) is 16.3 Å². The summed E-state index contributed by atoms with van der Waals surface area (Å²) in [4.78, 5) is 20.3. The van der Waals surface area contributed by atoms with Crippen LogP contribution in [0.1, 0.15) is 49.9 Å². The average Bonchev–Trinajstić information content (AvgIpc) is 3.17. The number of imidazole rings is 1. The summed E-state index contributed by atoms with van der Waals surface area (Å²) in [6.07, 6.45) is -2.79. The minimum absolute atomic E-state index is 0.00121. The van der Waals surface area contributed by atoms with E-state index >= 15 is 0 Å². The van der Waals surface area contributed by atoms with Crippen LogP contribution in [-0.2, 0) is 16.1 Å². The number of alkyl carbamates (subject to hydrolysis) is 1. The van der Waals surface area contributed by atoms with Crippen LogP contribution < -0.4 is 10.6 Å². The molecule has 2 saturated carbocycles. The fraction of sp³-hybridized carbons (Fsp3) is 0.524. The zero-order valence-corrected chi connectivity index (χ0v) is 19.7. The van der Waals surface area contributed by atoms with Gasteiger partial charge in [-0.2, -0.15) is 5.10 Å². The van der Waals surface area contributed by atoms with Crippen LogP contribution in [-0.4, -0.2) is 54.8 Å². The maximum Gasteiger partial charge on any atom is 0.522 e. The molecule has 0 radical (unpaired) electrons. The number of aromatic nitrogens is 5. The fourth-order valence-electron chi connectivity index (χ4n) is 4.09. The third-order valence-corrected chi connectivity index (χ3v) is 6.52. The molecule has 194 valence electrons. The first-order valence-corrected chi connectivity index (χ1v) is 11.5. The van der Waals surface area contributed by atoms with Gasteiger partial charge in [-0.3, -0.25) is 14.2 Å². The molecule has 2 aliphatic rings. The van der Waals surface area contributed by atoms with Crippen LogP contribution in [0.4, 0.5) is 34.1 Å². The number of alkyl halides is 4. The highest BCUT2D eigenvalue weighted by Gasteiger charge is 2.42. The predicted octanol–water partition coefficient (Wildman–Crippen LogP) is 4.75. The lowest BCUT2D eigenvalue weighted by Crippen LogP contribution is -2.38. The Bertz CT molecular complexity index is 1280. The smallest absolute Gasteiger partial charge is 0.443 e. The lowest BCUT2D eigenvalue weighted by atomic mass is 10.0. The molecular formula is C21H22ClF4N7O3. The molecule has 0 spiro atoms. The molecule has 0 aromatic carbocycles. The Kier molecular flexibility index (Phi) is 6.19. The van der Waals surface area contributed by atoms with E-state index in [1.165, 1.54) is 16.8 Å². The summed E-state index contributed by atoms with van der Waals surface area (Å²) in [6.45, 7) is 1.11. The number of carbonyl (C=O) groups excluding carboxylic acids is 1. The highest BCUT2D eigenvalue weighted by molar-refractivity contribution is 6.33. The predicted molar refractivity (Wildman–Crippen MR) is 119 cm³/mol. The SMILES string of the molecule is CC1(NC(=O)O[C@H]2C[C@@H](c3cc(Nc4ncc(Cl)c5nc(COC(F)(F)F)cn45)n[nH]3)C[C@H]2F)CC1. The molecule has 5 rings (SSSR count). The van der Waals surface area contributed by atoms with Crippen LogP contribution in [0.5, 0.6) is 0 Å². The Hall–Kier alpha value is -3.13. The van der Waals surface area contributed by atoms with E-state index in [9.17, 15) is 22.4 Å². The molecule has 15 heteroatoms. The van der Waals surface area contributed by atoms with Crippen molar-refractivity contribution < 1.29 is 31.8 Å². The molecule has 36 heavy (non-hydrogen) atoms. The van der Waals surface area contributed by atoms with E-state index in [1.807, 2.05) is 6.92 Å². The molecule has 2 aliphatic carbocycles. The quantitative estimate of drug-likeness (QED) is 0.376. The van der Waals surface area contributed by atoms with Gasteiger partial charge >= 0.3 is 12.5 Å². The first kappa shape index (κ1) is 24.6. The summed E-state index contributed by atoms with van der Waals surface area (Å²) in [5, 5.41) is 12.9. The van der Waals surface area contributed by atoms with Gasteiger partial charge in [0.1, 0.15) is 17.3 Å². The molecule has 0 aliphatic heterocycles. The van der Waals surface area contributed by atoms with Crippen molar-refractivity contribution in [1.82, 2.24) is 29.9 Å². The molecule has 3 heterocycles. The number of ether oxygens (including phenoxy) is 2. The number of rotatable bonds is 7. The molecule has 2 fully saturated rings. The molecule has 3 N–H and O–H groups in total. The summed E-state index contributed by atoms with van der Waals surface area (Å²) in [7, 11) is 0. The number of hydrogen-bond acceptors (Lipinski definition) is 7. The standard InChI is InChI=1S/C21H22ClF4N7O3/c1-20(2-3-20)30-19(34)36-15-5-10(4-13(15)23)14-6-16(32-31-14)29-18-27-7-12(22)17-28-11(8-33(17)18)9-35-21(24,25)26/h6-8,10,13,15H,2-5,9H2,1H3,(H,30,34)(H2,27,29,31,32)/t10-,13+,15-/m0/s1. The van der Waals surface area contributed by atoms with Crippen molar-refractivity contribution in [2.45, 2.75) is 69.3 Å². The van der Waals surface area contributed by atoms with Crippen LogP contribution in [0.25, 0.3) is 5.65 Å². The fourth-order valence-corrected chi connectivity index (χ4v) is 4.27. The van der Waals surface area contributed by atoms with Crippen LogP contribution in [0.15, 0.2) is 18.5 Å². The summed E-state index contributed by atoms with van der Waals surface area (Å²) in [5.41, 5.74) is 0.558. The van der Waals surface area contributed by atoms with Crippen molar-refractivity contribution in [3.05, 3.63) is 34.9 Å². The number of anilines is 2. The minimum atomic E-state index is -4.80. The maximum absolute atomic E-state index is 14.6. The number of H-pyrrole nitrogens is 1. The number of fused-ring (bicyclic) bond motifs is 1. The van der Waals surface area contributed by atoms with Crippen molar-refractivity contribution in [2.24, 2.45) is 0 Å². The topological polar surface area (TPSA) is 118 Å². The monoisotopic (exact) mass is 531 g/mol. The number of hydrogen-bond donors (Lipinski definition) is 3. The molecule has 10 nitrogen and oxygen atoms in total. The van der Waals surface area contributed by atoms with E-state index < -0.39 is 31.3 Å². The number of amides is 1. The number of nitrogens with zero attached hydrogens (tertiary/aromatic N) is 4. The Morgan fingerprint density at radius 2 is 2.14 bits per heavy atom. The Morgan fingerprint density at radius 1 is 1.36 bits per heavy atom. The number of nitrogens with one attached hydrogen (secondary N) is 3. The second-order valence-corrected chi connectivity index (χ2v) is 9.64. The number of aromatic amines is 1. The van der Waals surface area contributed by atoms with E-state index in [0.717, 1.165) is 12.8 Å². The van der Waals surface area contributed by atoms with Crippen LogP contribution >= 0.6 is 11.6 Å². The summed E-state index contributed by atoms with van der Waals surface area (Å²) in [5.74, 6) is 0.275.